The van der Waals surface area contributed by atoms with E-state index in [9.17, 15) is 13.2 Å². The Morgan fingerprint density at radius 1 is 1.27 bits per heavy atom. The first-order chi connectivity index (χ1) is 10.6. The van der Waals surface area contributed by atoms with Gasteiger partial charge >= 0.3 is 0 Å². The highest BCUT2D eigenvalue weighted by atomic mass is 32.2. The zero-order chi connectivity index (χ0) is 16.0. The standard InChI is InChI=1S/C15H22N2O4S/c1-2-5-15(18)16-12-13-6-3-4-7-14(13)22(19,20)17-8-10-21-11-9-17/h3-4,6-7H,2,5,8-12H2,1H3,(H,16,18). The van der Waals surface area contributed by atoms with Crippen molar-refractivity contribution in [1.29, 1.82) is 0 Å². The third-order valence-corrected chi connectivity index (χ3v) is 5.51. The predicted molar refractivity (Wildman–Crippen MR) is 82.8 cm³/mol. The Morgan fingerprint density at radius 2 is 1.95 bits per heavy atom. The van der Waals surface area contributed by atoms with E-state index in [-0.39, 0.29) is 17.3 Å². The van der Waals surface area contributed by atoms with Gasteiger partial charge in [-0.25, -0.2) is 8.42 Å². The Kier molecular flexibility index (Phi) is 5.93. The summed E-state index contributed by atoms with van der Waals surface area (Å²) in [6.45, 7) is 3.69. The number of carbonyl (C=O) groups is 1. The number of amides is 1. The number of hydrogen-bond acceptors (Lipinski definition) is 4. The van der Waals surface area contributed by atoms with E-state index in [1.165, 1.54) is 4.31 Å². The molecule has 0 radical (unpaired) electrons. The van der Waals surface area contributed by atoms with Crippen molar-refractivity contribution in [3.63, 3.8) is 0 Å². The lowest BCUT2D eigenvalue weighted by atomic mass is 10.2. The number of hydrogen-bond donors (Lipinski definition) is 1. The highest BCUT2D eigenvalue weighted by Crippen LogP contribution is 2.21. The van der Waals surface area contributed by atoms with Crippen molar-refractivity contribution in [3.05, 3.63) is 29.8 Å². The van der Waals surface area contributed by atoms with E-state index < -0.39 is 10.0 Å². The van der Waals surface area contributed by atoms with Crippen LogP contribution in [0.4, 0.5) is 0 Å². The molecule has 2 rings (SSSR count). The Balaban J connectivity index is 2.18. The van der Waals surface area contributed by atoms with Crippen molar-refractivity contribution in [2.75, 3.05) is 26.3 Å². The summed E-state index contributed by atoms with van der Waals surface area (Å²) < 4.78 is 32.1. The van der Waals surface area contributed by atoms with Gasteiger partial charge in [-0.3, -0.25) is 4.79 Å². The van der Waals surface area contributed by atoms with Crippen molar-refractivity contribution < 1.29 is 17.9 Å². The molecule has 7 heteroatoms. The summed E-state index contributed by atoms with van der Waals surface area (Å²) in [6.07, 6.45) is 1.21. The summed E-state index contributed by atoms with van der Waals surface area (Å²) in [6, 6.07) is 6.80. The molecule has 1 aromatic carbocycles. The van der Waals surface area contributed by atoms with Crippen LogP contribution in [0.15, 0.2) is 29.2 Å². The Labute approximate surface area is 131 Å². The lowest BCUT2D eigenvalue weighted by Crippen LogP contribution is -2.41. The quantitative estimate of drug-likeness (QED) is 0.850. The number of nitrogens with zero attached hydrogens (tertiary/aromatic N) is 1. The molecule has 0 bridgehead atoms. The summed E-state index contributed by atoms with van der Waals surface area (Å²) in [4.78, 5) is 11.8. The van der Waals surface area contributed by atoms with E-state index in [1.807, 2.05) is 6.92 Å². The van der Waals surface area contributed by atoms with E-state index in [2.05, 4.69) is 5.32 Å². The molecule has 1 aliphatic heterocycles. The van der Waals surface area contributed by atoms with E-state index >= 15 is 0 Å². The molecule has 0 aliphatic carbocycles. The summed E-state index contributed by atoms with van der Waals surface area (Å²) in [7, 11) is -3.55. The monoisotopic (exact) mass is 326 g/mol. The molecule has 1 fully saturated rings. The van der Waals surface area contributed by atoms with Gasteiger partial charge in [0.25, 0.3) is 0 Å². The average molecular weight is 326 g/mol. The van der Waals surface area contributed by atoms with Crippen LogP contribution in [-0.2, 0) is 26.1 Å². The Morgan fingerprint density at radius 3 is 2.64 bits per heavy atom. The SMILES string of the molecule is CCCC(=O)NCc1ccccc1S(=O)(=O)N1CCOCC1. The molecule has 0 atom stereocenters. The minimum absolute atomic E-state index is 0.0685. The van der Waals surface area contributed by atoms with Crippen LogP contribution in [0, 0.1) is 0 Å². The fourth-order valence-electron chi connectivity index (χ4n) is 2.34. The van der Waals surface area contributed by atoms with E-state index in [4.69, 9.17) is 4.74 Å². The zero-order valence-corrected chi connectivity index (χ0v) is 13.6. The molecule has 1 amide bonds. The molecule has 122 valence electrons. The highest BCUT2D eigenvalue weighted by molar-refractivity contribution is 7.89. The molecule has 6 nitrogen and oxygen atoms in total. The Bertz CT molecular complexity index is 610. The van der Waals surface area contributed by atoms with Crippen molar-refractivity contribution in [2.24, 2.45) is 0 Å². The number of benzene rings is 1. The van der Waals surface area contributed by atoms with Crippen LogP contribution in [0.3, 0.4) is 0 Å². The maximum atomic E-state index is 12.7. The maximum absolute atomic E-state index is 12.7. The normalized spacial score (nSPS) is 16.4. The number of sulfonamides is 1. The first-order valence-electron chi connectivity index (χ1n) is 7.48. The van der Waals surface area contributed by atoms with Gasteiger partial charge in [0.05, 0.1) is 18.1 Å². The van der Waals surface area contributed by atoms with Gasteiger partial charge in [0, 0.05) is 26.1 Å². The molecule has 0 unspecified atom stereocenters. The molecule has 0 saturated carbocycles. The smallest absolute Gasteiger partial charge is 0.243 e. The fraction of sp³-hybridized carbons (Fsp3) is 0.533. The average Bonchev–Trinajstić information content (AvgIpc) is 2.54. The third-order valence-electron chi connectivity index (χ3n) is 3.51. The maximum Gasteiger partial charge on any atom is 0.243 e. The van der Waals surface area contributed by atoms with Crippen molar-refractivity contribution in [1.82, 2.24) is 9.62 Å². The summed E-state index contributed by atoms with van der Waals surface area (Å²) >= 11 is 0. The largest absolute Gasteiger partial charge is 0.379 e. The summed E-state index contributed by atoms with van der Waals surface area (Å²) in [5.74, 6) is -0.0685. The summed E-state index contributed by atoms with van der Waals surface area (Å²) in [5, 5.41) is 2.77. The minimum atomic E-state index is -3.55. The molecule has 0 spiro atoms. The summed E-state index contributed by atoms with van der Waals surface area (Å²) in [5.41, 5.74) is 0.610. The zero-order valence-electron chi connectivity index (χ0n) is 12.7. The van der Waals surface area contributed by atoms with Crippen molar-refractivity contribution >= 4 is 15.9 Å². The molecule has 1 heterocycles. The Hall–Kier alpha value is -1.44. The second kappa shape index (κ2) is 7.71. The first-order valence-corrected chi connectivity index (χ1v) is 8.92. The lowest BCUT2D eigenvalue weighted by molar-refractivity contribution is -0.121. The van der Waals surface area contributed by atoms with Gasteiger partial charge in [0.15, 0.2) is 0 Å². The van der Waals surface area contributed by atoms with Crippen LogP contribution in [0.25, 0.3) is 0 Å². The van der Waals surface area contributed by atoms with Crippen molar-refractivity contribution in [2.45, 2.75) is 31.2 Å². The number of ether oxygens (including phenoxy) is 1. The molecule has 1 N–H and O–H groups in total. The number of nitrogens with one attached hydrogen (secondary N) is 1. The molecule has 1 aliphatic rings. The second-order valence-corrected chi connectivity index (χ2v) is 7.06. The van der Waals surface area contributed by atoms with Gasteiger partial charge in [0.1, 0.15) is 0 Å². The van der Waals surface area contributed by atoms with Crippen LogP contribution in [0.5, 0.6) is 0 Å². The molecule has 22 heavy (non-hydrogen) atoms. The topological polar surface area (TPSA) is 75.7 Å². The molecular weight excluding hydrogens is 304 g/mol. The van der Waals surface area contributed by atoms with Gasteiger partial charge in [-0.05, 0) is 18.1 Å². The van der Waals surface area contributed by atoms with E-state index in [0.29, 0.717) is 38.3 Å². The van der Waals surface area contributed by atoms with E-state index in [1.54, 1.807) is 24.3 Å². The first kappa shape index (κ1) is 16.9. The number of morpholine rings is 1. The van der Waals surface area contributed by atoms with Gasteiger partial charge in [-0.1, -0.05) is 25.1 Å². The minimum Gasteiger partial charge on any atom is -0.379 e. The fourth-order valence-corrected chi connectivity index (χ4v) is 3.97. The van der Waals surface area contributed by atoms with Crippen LogP contribution >= 0.6 is 0 Å². The predicted octanol–water partition coefficient (Wildman–Crippen LogP) is 1.12. The van der Waals surface area contributed by atoms with E-state index in [0.717, 1.165) is 6.42 Å². The van der Waals surface area contributed by atoms with Crippen LogP contribution < -0.4 is 5.32 Å². The molecule has 1 saturated heterocycles. The van der Waals surface area contributed by atoms with Crippen LogP contribution in [-0.4, -0.2) is 44.9 Å². The molecule has 1 aromatic rings. The van der Waals surface area contributed by atoms with Gasteiger partial charge in [-0.2, -0.15) is 4.31 Å². The number of carbonyl (C=O) groups excluding carboxylic acids is 1. The van der Waals surface area contributed by atoms with Crippen LogP contribution in [0.1, 0.15) is 25.3 Å². The third kappa shape index (κ3) is 4.06. The highest BCUT2D eigenvalue weighted by Gasteiger charge is 2.28. The van der Waals surface area contributed by atoms with Crippen molar-refractivity contribution in [3.8, 4) is 0 Å². The van der Waals surface area contributed by atoms with Gasteiger partial charge in [-0.15, -0.1) is 0 Å². The second-order valence-electron chi connectivity index (χ2n) is 5.15. The molecular formula is C15H22N2O4S. The number of rotatable bonds is 6. The van der Waals surface area contributed by atoms with Crippen LogP contribution in [0.2, 0.25) is 0 Å². The molecule has 0 aromatic heterocycles. The lowest BCUT2D eigenvalue weighted by Gasteiger charge is -2.27. The van der Waals surface area contributed by atoms with Gasteiger partial charge < -0.3 is 10.1 Å². The van der Waals surface area contributed by atoms with Gasteiger partial charge in [0.2, 0.25) is 15.9 Å².